The molecule has 0 aromatic heterocycles. The van der Waals surface area contributed by atoms with Gasteiger partial charge >= 0.3 is 5.97 Å². The van der Waals surface area contributed by atoms with E-state index in [0.29, 0.717) is 11.4 Å². The van der Waals surface area contributed by atoms with E-state index >= 15 is 0 Å². The number of benzene rings is 1. The number of ether oxygens (including phenoxy) is 2. The average Bonchev–Trinajstić information content (AvgIpc) is 2.16. The van der Waals surface area contributed by atoms with Crippen molar-refractivity contribution < 1.29 is 14.3 Å². The van der Waals surface area contributed by atoms with Gasteiger partial charge in [-0.05, 0) is 18.6 Å². The summed E-state index contributed by atoms with van der Waals surface area (Å²) in [5.74, 6) is 0.116. The molecule has 0 saturated heterocycles. The predicted molar refractivity (Wildman–Crippen MR) is 53.1 cm³/mol. The Hall–Kier alpha value is -1.71. The number of carbonyl (C=O) groups is 1. The lowest BCUT2D eigenvalue weighted by Gasteiger charge is -2.09. The number of carbonyl (C=O) groups excluding carboxylic acids is 1. The molecule has 0 atom stereocenters. The summed E-state index contributed by atoms with van der Waals surface area (Å²) in [6.07, 6.45) is 0. The highest BCUT2D eigenvalue weighted by atomic mass is 16.6. The first kappa shape index (κ1) is 10.4. The van der Waals surface area contributed by atoms with Crippen LogP contribution in [0.15, 0.2) is 18.2 Å². The molecule has 1 aromatic rings. The van der Waals surface area contributed by atoms with Crippen molar-refractivity contribution in [1.82, 2.24) is 0 Å². The van der Waals surface area contributed by atoms with E-state index in [2.05, 4.69) is 4.74 Å². The summed E-state index contributed by atoms with van der Waals surface area (Å²) in [5, 5.41) is 0. The number of hydrogen-bond acceptors (Lipinski definition) is 4. The van der Waals surface area contributed by atoms with Crippen LogP contribution in [-0.2, 0) is 9.53 Å². The molecule has 1 rings (SSSR count). The second-order valence-electron chi connectivity index (χ2n) is 2.86. The molecule has 4 nitrogen and oxygen atoms in total. The van der Waals surface area contributed by atoms with Crippen molar-refractivity contribution >= 4 is 11.7 Å². The van der Waals surface area contributed by atoms with E-state index in [4.69, 9.17) is 10.5 Å². The number of rotatable bonds is 3. The van der Waals surface area contributed by atoms with Gasteiger partial charge in [-0.3, -0.25) is 0 Å². The van der Waals surface area contributed by atoms with E-state index in [1.807, 2.05) is 19.1 Å². The normalized spacial score (nSPS) is 9.57. The molecule has 0 saturated carbocycles. The van der Waals surface area contributed by atoms with E-state index in [0.717, 1.165) is 5.56 Å². The molecule has 0 spiro atoms. The number of nitrogens with two attached hydrogens (primary N) is 1. The third-order valence-corrected chi connectivity index (χ3v) is 1.80. The summed E-state index contributed by atoms with van der Waals surface area (Å²) in [6, 6.07) is 5.41. The zero-order valence-electron chi connectivity index (χ0n) is 8.24. The molecule has 2 N–H and O–H groups in total. The topological polar surface area (TPSA) is 61.5 Å². The summed E-state index contributed by atoms with van der Waals surface area (Å²) in [6.45, 7) is 1.74. The molecule has 0 fully saturated rings. The van der Waals surface area contributed by atoms with Crippen molar-refractivity contribution in [3.05, 3.63) is 23.8 Å². The fraction of sp³-hybridized carbons (Fsp3) is 0.300. The Balaban J connectivity index is 2.71. The van der Waals surface area contributed by atoms with E-state index in [9.17, 15) is 4.79 Å². The molecule has 0 radical (unpaired) electrons. The molecular formula is C10H13NO3. The zero-order valence-corrected chi connectivity index (χ0v) is 8.24. The highest BCUT2D eigenvalue weighted by Gasteiger charge is 2.06. The van der Waals surface area contributed by atoms with E-state index < -0.39 is 5.97 Å². The molecule has 0 aliphatic rings. The Kier molecular flexibility index (Phi) is 3.34. The third kappa shape index (κ3) is 2.39. The van der Waals surface area contributed by atoms with Gasteiger partial charge in [0.25, 0.3) is 0 Å². The van der Waals surface area contributed by atoms with Crippen molar-refractivity contribution in [3.63, 3.8) is 0 Å². The minimum atomic E-state index is -0.423. The van der Waals surface area contributed by atoms with Crippen LogP contribution in [0.3, 0.4) is 0 Å². The number of anilines is 1. The fourth-order valence-electron chi connectivity index (χ4n) is 1.06. The van der Waals surface area contributed by atoms with Gasteiger partial charge in [-0.1, -0.05) is 12.1 Å². The Bertz CT molecular complexity index is 316. The molecule has 0 unspecified atom stereocenters. The van der Waals surface area contributed by atoms with Gasteiger partial charge in [0.05, 0.1) is 12.8 Å². The Morgan fingerprint density at radius 1 is 1.50 bits per heavy atom. The zero-order chi connectivity index (χ0) is 10.6. The van der Waals surface area contributed by atoms with Gasteiger partial charge in [-0.2, -0.15) is 0 Å². The van der Waals surface area contributed by atoms with E-state index in [-0.39, 0.29) is 6.61 Å². The van der Waals surface area contributed by atoms with Crippen LogP contribution in [0.2, 0.25) is 0 Å². The minimum absolute atomic E-state index is 0.119. The number of esters is 1. The second-order valence-corrected chi connectivity index (χ2v) is 2.86. The van der Waals surface area contributed by atoms with Crippen LogP contribution in [0.4, 0.5) is 5.69 Å². The average molecular weight is 195 g/mol. The molecule has 0 aliphatic heterocycles. The minimum Gasteiger partial charge on any atom is -0.479 e. The molecule has 0 bridgehead atoms. The summed E-state index contributed by atoms with van der Waals surface area (Å²) < 4.78 is 9.67. The first-order valence-electron chi connectivity index (χ1n) is 4.20. The number of hydrogen-bond donors (Lipinski definition) is 1. The van der Waals surface area contributed by atoms with Crippen LogP contribution < -0.4 is 10.5 Å². The van der Waals surface area contributed by atoms with Gasteiger partial charge in [0.1, 0.15) is 5.75 Å². The van der Waals surface area contributed by atoms with Crippen molar-refractivity contribution in [2.75, 3.05) is 19.5 Å². The molecular weight excluding hydrogens is 182 g/mol. The van der Waals surface area contributed by atoms with Crippen LogP contribution in [0, 0.1) is 6.92 Å². The Morgan fingerprint density at radius 3 is 2.79 bits per heavy atom. The highest BCUT2D eigenvalue weighted by Crippen LogP contribution is 2.25. The van der Waals surface area contributed by atoms with Crippen molar-refractivity contribution in [3.8, 4) is 5.75 Å². The lowest BCUT2D eigenvalue weighted by atomic mass is 10.2. The van der Waals surface area contributed by atoms with Gasteiger partial charge in [-0.25, -0.2) is 4.79 Å². The first-order chi connectivity index (χ1) is 6.65. The summed E-state index contributed by atoms with van der Waals surface area (Å²) in [5.41, 5.74) is 7.09. The van der Waals surface area contributed by atoms with Crippen LogP contribution in [0.25, 0.3) is 0 Å². The predicted octanol–water partition coefficient (Wildman–Crippen LogP) is 1.13. The molecule has 1 aromatic carbocycles. The summed E-state index contributed by atoms with van der Waals surface area (Å²) in [7, 11) is 1.31. The molecule has 14 heavy (non-hydrogen) atoms. The van der Waals surface area contributed by atoms with Crippen LogP contribution >= 0.6 is 0 Å². The van der Waals surface area contributed by atoms with Crippen molar-refractivity contribution in [1.29, 1.82) is 0 Å². The lowest BCUT2D eigenvalue weighted by Crippen LogP contribution is -2.13. The first-order valence-corrected chi connectivity index (χ1v) is 4.20. The standard InChI is InChI=1S/C10H13NO3/c1-7-4-3-5-8(11)10(7)14-6-9(12)13-2/h3-5H,6,11H2,1-2H3. The molecule has 4 heteroatoms. The van der Waals surface area contributed by atoms with E-state index in [1.54, 1.807) is 6.07 Å². The maximum atomic E-state index is 10.8. The smallest absolute Gasteiger partial charge is 0.343 e. The molecule has 0 heterocycles. The molecule has 0 aliphatic carbocycles. The van der Waals surface area contributed by atoms with Crippen LogP contribution in [0.5, 0.6) is 5.75 Å². The van der Waals surface area contributed by atoms with Crippen LogP contribution in [-0.4, -0.2) is 19.7 Å². The number of methoxy groups -OCH3 is 1. The second kappa shape index (κ2) is 4.50. The van der Waals surface area contributed by atoms with Crippen molar-refractivity contribution in [2.24, 2.45) is 0 Å². The Labute approximate surface area is 82.6 Å². The largest absolute Gasteiger partial charge is 0.479 e. The third-order valence-electron chi connectivity index (χ3n) is 1.80. The summed E-state index contributed by atoms with van der Waals surface area (Å²) in [4.78, 5) is 10.8. The maximum Gasteiger partial charge on any atom is 0.343 e. The van der Waals surface area contributed by atoms with Crippen molar-refractivity contribution in [2.45, 2.75) is 6.92 Å². The number of aryl methyl sites for hydroxylation is 1. The SMILES string of the molecule is COC(=O)COc1c(C)cccc1N. The van der Waals surface area contributed by atoms with E-state index in [1.165, 1.54) is 7.11 Å². The van der Waals surface area contributed by atoms with Gasteiger partial charge in [0.15, 0.2) is 6.61 Å². The highest BCUT2D eigenvalue weighted by molar-refractivity contribution is 5.71. The van der Waals surface area contributed by atoms with Gasteiger partial charge in [0, 0.05) is 0 Å². The van der Waals surface area contributed by atoms with Crippen LogP contribution in [0.1, 0.15) is 5.56 Å². The summed E-state index contributed by atoms with van der Waals surface area (Å²) >= 11 is 0. The quantitative estimate of drug-likeness (QED) is 0.580. The maximum absolute atomic E-state index is 10.8. The fourth-order valence-corrected chi connectivity index (χ4v) is 1.06. The van der Waals surface area contributed by atoms with Gasteiger partial charge in [0.2, 0.25) is 0 Å². The molecule has 0 amide bonds. The van der Waals surface area contributed by atoms with Gasteiger partial charge in [-0.15, -0.1) is 0 Å². The van der Waals surface area contributed by atoms with Gasteiger partial charge < -0.3 is 15.2 Å². The molecule has 76 valence electrons. The monoisotopic (exact) mass is 195 g/mol. The lowest BCUT2D eigenvalue weighted by molar-refractivity contribution is -0.142. The number of para-hydroxylation sites is 1. The number of nitrogen functional groups attached to an aromatic ring is 1. The Morgan fingerprint density at radius 2 is 2.21 bits per heavy atom.